The quantitative estimate of drug-likeness (QED) is 0.670. The van der Waals surface area contributed by atoms with Gasteiger partial charge < -0.3 is 10.6 Å². The fraction of sp³-hybridized carbons (Fsp3) is 0.458. The molecule has 4 rings (SSSR count). The zero-order chi connectivity index (χ0) is 21.8. The molecule has 0 bridgehead atoms. The smallest absolute Gasteiger partial charge is 0.226 e. The molecule has 1 aliphatic carbocycles. The number of hydrogen-bond acceptors (Lipinski definition) is 3. The van der Waals surface area contributed by atoms with Gasteiger partial charge in [-0.15, -0.1) is 0 Å². The van der Waals surface area contributed by atoms with E-state index in [2.05, 4.69) is 19.6 Å². The van der Waals surface area contributed by atoms with Gasteiger partial charge in [0, 0.05) is 24.5 Å². The molecule has 1 saturated heterocycles. The van der Waals surface area contributed by atoms with Gasteiger partial charge in [0.25, 0.3) is 0 Å². The molecule has 30 heavy (non-hydrogen) atoms. The van der Waals surface area contributed by atoms with Gasteiger partial charge in [-0.3, -0.25) is 4.79 Å². The van der Waals surface area contributed by atoms with Crippen LogP contribution in [0.5, 0.6) is 0 Å². The number of carbonyl (C=O) groups excluding carboxylic acids is 1. The maximum absolute atomic E-state index is 14.4. The van der Waals surface area contributed by atoms with Crippen molar-refractivity contribution in [1.29, 1.82) is 0 Å². The molecule has 2 N–H and O–H groups in total. The molecule has 1 aliphatic heterocycles. The summed E-state index contributed by atoms with van der Waals surface area (Å²) in [5.74, 6) is -1.12. The van der Waals surface area contributed by atoms with Crippen molar-refractivity contribution in [2.75, 3.05) is 12.8 Å². The van der Waals surface area contributed by atoms with Crippen molar-refractivity contribution in [2.45, 2.75) is 50.6 Å². The highest BCUT2D eigenvalue weighted by atomic mass is 32.1. The predicted molar refractivity (Wildman–Crippen MR) is 121 cm³/mol. The second-order valence-corrected chi connectivity index (χ2v) is 8.15. The first kappa shape index (κ1) is 22.8. The third-order valence-corrected chi connectivity index (χ3v) is 6.13. The molecule has 2 aromatic rings. The Kier molecular flexibility index (Phi) is 7.53. The molecule has 0 aromatic heterocycles. The van der Waals surface area contributed by atoms with E-state index in [0.717, 1.165) is 37.8 Å². The molecule has 1 amide bonds. The number of nitrogens with two attached hydrogens (primary N) is 1. The Morgan fingerprint density at radius 1 is 1.07 bits per heavy atom. The first-order valence-corrected chi connectivity index (χ1v) is 11.4. The number of halogens is 2. The Morgan fingerprint density at radius 2 is 1.73 bits per heavy atom. The van der Waals surface area contributed by atoms with Gasteiger partial charge >= 0.3 is 0 Å². The zero-order valence-electron chi connectivity index (χ0n) is 17.5. The SMILES string of the molecule is CC1CC(N)CCCN1C(=O)C1CC1c1ccccc1-c1c(F)cccc1F.CS. The molecule has 1 heterocycles. The van der Waals surface area contributed by atoms with Crippen LogP contribution in [-0.2, 0) is 4.79 Å². The van der Waals surface area contributed by atoms with Crippen LogP contribution in [-0.4, -0.2) is 35.7 Å². The summed E-state index contributed by atoms with van der Waals surface area (Å²) in [5.41, 5.74) is 7.49. The van der Waals surface area contributed by atoms with Gasteiger partial charge in [0.05, 0.1) is 5.56 Å². The van der Waals surface area contributed by atoms with Crippen molar-refractivity contribution >= 4 is 18.5 Å². The zero-order valence-corrected chi connectivity index (χ0v) is 18.4. The number of amides is 1. The first-order valence-electron chi connectivity index (χ1n) is 10.5. The van der Waals surface area contributed by atoms with Crippen LogP contribution in [0.3, 0.4) is 0 Å². The van der Waals surface area contributed by atoms with Gasteiger partial charge in [-0.2, -0.15) is 12.6 Å². The van der Waals surface area contributed by atoms with Gasteiger partial charge in [-0.1, -0.05) is 30.3 Å². The molecule has 6 heteroatoms. The van der Waals surface area contributed by atoms with Gasteiger partial charge in [-0.25, -0.2) is 8.78 Å². The maximum Gasteiger partial charge on any atom is 0.226 e. The molecule has 162 valence electrons. The van der Waals surface area contributed by atoms with Crippen LogP contribution in [0, 0.1) is 17.6 Å². The van der Waals surface area contributed by atoms with E-state index >= 15 is 0 Å². The van der Waals surface area contributed by atoms with Crippen LogP contribution in [0.1, 0.15) is 44.1 Å². The summed E-state index contributed by atoms with van der Waals surface area (Å²) < 4.78 is 28.7. The Morgan fingerprint density at radius 3 is 2.43 bits per heavy atom. The fourth-order valence-electron chi connectivity index (χ4n) is 4.58. The van der Waals surface area contributed by atoms with Gasteiger partial charge in [0.1, 0.15) is 11.6 Å². The summed E-state index contributed by atoms with van der Waals surface area (Å²) >= 11 is 3.53. The van der Waals surface area contributed by atoms with Crippen molar-refractivity contribution in [3.63, 3.8) is 0 Å². The Bertz CT molecular complexity index is 871. The summed E-state index contributed by atoms with van der Waals surface area (Å²) in [6, 6.07) is 11.5. The van der Waals surface area contributed by atoms with Crippen LogP contribution in [0.2, 0.25) is 0 Å². The largest absolute Gasteiger partial charge is 0.340 e. The van der Waals surface area contributed by atoms with Crippen LogP contribution in [0.25, 0.3) is 11.1 Å². The average Bonchev–Trinajstić information content (AvgIpc) is 3.54. The monoisotopic (exact) mass is 432 g/mol. The summed E-state index contributed by atoms with van der Waals surface area (Å²) in [6.45, 7) is 2.80. The summed E-state index contributed by atoms with van der Waals surface area (Å²) in [5, 5.41) is 0. The number of nitrogens with zero attached hydrogens (tertiary/aromatic N) is 1. The van der Waals surface area contributed by atoms with Gasteiger partial charge in [0.2, 0.25) is 5.91 Å². The third-order valence-electron chi connectivity index (χ3n) is 6.13. The molecule has 3 nitrogen and oxygen atoms in total. The van der Waals surface area contributed by atoms with Crippen LogP contribution in [0.4, 0.5) is 8.78 Å². The van der Waals surface area contributed by atoms with Crippen molar-refractivity contribution in [3.8, 4) is 11.1 Å². The average molecular weight is 433 g/mol. The molecule has 0 spiro atoms. The number of thiol groups is 1. The lowest BCUT2D eigenvalue weighted by molar-refractivity contribution is -0.134. The minimum absolute atomic E-state index is 0.00633. The number of likely N-dealkylation sites (tertiary alicyclic amines) is 1. The predicted octanol–water partition coefficient (Wildman–Crippen LogP) is 5.01. The lowest BCUT2D eigenvalue weighted by Crippen LogP contribution is -2.40. The van der Waals surface area contributed by atoms with E-state index < -0.39 is 11.6 Å². The molecular weight excluding hydrogens is 402 g/mol. The summed E-state index contributed by atoms with van der Waals surface area (Å²) in [7, 11) is 0. The molecule has 4 unspecified atom stereocenters. The van der Waals surface area contributed by atoms with E-state index in [0.29, 0.717) is 5.56 Å². The normalized spacial score (nSPS) is 25.7. The lowest BCUT2D eigenvalue weighted by atomic mass is 9.95. The number of carbonyl (C=O) groups is 1. The maximum atomic E-state index is 14.4. The molecule has 2 fully saturated rings. The summed E-state index contributed by atoms with van der Waals surface area (Å²) in [6.07, 6.45) is 5.10. The second kappa shape index (κ2) is 9.92. The fourth-order valence-corrected chi connectivity index (χ4v) is 4.58. The second-order valence-electron chi connectivity index (χ2n) is 8.15. The standard InChI is InChI=1S/C23H26F2N2O.CH4S/c1-14-12-15(26)6-5-11-27(14)23(28)19-13-18(19)16-7-2-3-8-17(16)22-20(24)9-4-10-21(22)25;1-2/h2-4,7-10,14-15,18-19H,5-6,11-13,26H2,1H3;2H,1H3. The van der Waals surface area contributed by atoms with Crippen molar-refractivity contribution in [3.05, 3.63) is 59.7 Å². The van der Waals surface area contributed by atoms with E-state index in [1.165, 1.54) is 18.2 Å². The molecule has 1 saturated carbocycles. The Balaban J connectivity index is 0.00000124. The minimum Gasteiger partial charge on any atom is -0.340 e. The van der Waals surface area contributed by atoms with Crippen molar-refractivity contribution < 1.29 is 13.6 Å². The highest BCUT2D eigenvalue weighted by Gasteiger charge is 2.47. The minimum atomic E-state index is -0.578. The Labute approximate surface area is 183 Å². The third kappa shape index (κ3) is 4.70. The van der Waals surface area contributed by atoms with E-state index in [1.54, 1.807) is 18.4 Å². The van der Waals surface area contributed by atoms with Crippen molar-refractivity contribution in [1.82, 2.24) is 4.90 Å². The van der Waals surface area contributed by atoms with Crippen LogP contribution in [0.15, 0.2) is 42.5 Å². The van der Waals surface area contributed by atoms with E-state index in [4.69, 9.17) is 5.73 Å². The van der Waals surface area contributed by atoms with E-state index in [1.807, 2.05) is 17.0 Å². The molecule has 2 aromatic carbocycles. The number of benzene rings is 2. The highest BCUT2D eigenvalue weighted by molar-refractivity contribution is 7.79. The molecule has 4 atom stereocenters. The highest BCUT2D eigenvalue weighted by Crippen LogP contribution is 2.52. The van der Waals surface area contributed by atoms with E-state index in [-0.39, 0.29) is 35.4 Å². The summed E-state index contributed by atoms with van der Waals surface area (Å²) in [4.78, 5) is 15.1. The van der Waals surface area contributed by atoms with E-state index in [9.17, 15) is 13.6 Å². The first-order chi connectivity index (χ1) is 14.5. The molecule has 0 radical (unpaired) electrons. The molecular formula is C24H30F2N2OS. The number of hydrogen-bond donors (Lipinski definition) is 2. The lowest BCUT2D eigenvalue weighted by Gasteiger charge is -2.28. The molecule has 2 aliphatic rings. The topological polar surface area (TPSA) is 46.3 Å². The Hall–Kier alpha value is -1.92. The van der Waals surface area contributed by atoms with Crippen LogP contribution < -0.4 is 5.73 Å². The number of rotatable bonds is 3. The van der Waals surface area contributed by atoms with Gasteiger partial charge in [-0.05, 0) is 68.0 Å². The van der Waals surface area contributed by atoms with Crippen molar-refractivity contribution in [2.24, 2.45) is 11.7 Å². The van der Waals surface area contributed by atoms with Gasteiger partial charge in [0.15, 0.2) is 0 Å². The van der Waals surface area contributed by atoms with Crippen LogP contribution >= 0.6 is 12.6 Å².